The van der Waals surface area contributed by atoms with Gasteiger partial charge in [-0.1, -0.05) is 25.2 Å². The molecular weight excluding hydrogens is 104 g/mol. The Balaban J connectivity index is 2.13. The molecule has 0 nitrogen and oxygen atoms in total. The van der Waals surface area contributed by atoms with Gasteiger partial charge in [0.1, 0.15) is 0 Å². The Morgan fingerprint density at radius 3 is 1.83 bits per heavy atom. The van der Waals surface area contributed by atoms with Gasteiger partial charge in [0.25, 0.3) is 0 Å². The summed E-state index contributed by atoms with van der Waals surface area (Å²) in [5, 5.41) is 0. The zero-order chi connectivity index (χ0) is 4.57. The summed E-state index contributed by atoms with van der Waals surface area (Å²) in [6.07, 6.45) is 0. The van der Waals surface area contributed by atoms with Crippen molar-refractivity contribution in [2.75, 3.05) is 0 Å². The SMILES string of the molecule is C[SiH](C)[SiH]1CC1. The van der Waals surface area contributed by atoms with Crippen molar-refractivity contribution in [3.63, 3.8) is 0 Å². The van der Waals surface area contributed by atoms with Crippen LogP contribution in [0.5, 0.6) is 0 Å². The van der Waals surface area contributed by atoms with Gasteiger partial charge in [-0.2, -0.15) is 0 Å². The smallest absolute Gasteiger partial charge is 0.0268 e. The molecule has 0 aromatic heterocycles. The second kappa shape index (κ2) is 1.50. The van der Waals surface area contributed by atoms with Crippen molar-refractivity contribution in [2.24, 2.45) is 0 Å². The predicted octanol–water partition coefficient (Wildman–Crippen LogP) is 0.792. The quantitative estimate of drug-likeness (QED) is 0.444. The van der Waals surface area contributed by atoms with E-state index in [4.69, 9.17) is 0 Å². The van der Waals surface area contributed by atoms with Gasteiger partial charge in [-0.05, 0) is 0 Å². The normalized spacial score (nSPS) is 22.5. The van der Waals surface area contributed by atoms with Gasteiger partial charge < -0.3 is 0 Å². The first kappa shape index (κ1) is 4.59. The molecule has 36 valence electrons. The van der Waals surface area contributed by atoms with Crippen molar-refractivity contribution in [1.82, 2.24) is 0 Å². The van der Waals surface area contributed by atoms with Crippen LogP contribution in [-0.2, 0) is 0 Å². The average Bonchev–Trinajstić information content (AvgIpc) is 2.06. The number of hydrogen-bond acceptors (Lipinski definition) is 0. The van der Waals surface area contributed by atoms with E-state index in [2.05, 4.69) is 13.1 Å². The molecule has 0 aliphatic carbocycles. The summed E-state index contributed by atoms with van der Waals surface area (Å²) in [4.78, 5) is 0. The summed E-state index contributed by atoms with van der Waals surface area (Å²) in [6, 6.07) is 3.40. The Kier molecular flexibility index (Phi) is 1.15. The predicted molar refractivity (Wildman–Crippen MR) is 35.6 cm³/mol. The molecule has 0 unspecified atom stereocenters. The van der Waals surface area contributed by atoms with E-state index in [0.29, 0.717) is 0 Å². The monoisotopic (exact) mass is 116 g/mol. The highest BCUT2D eigenvalue weighted by atomic mass is 29.2. The molecule has 0 bridgehead atoms. The van der Waals surface area contributed by atoms with Gasteiger partial charge in [-0.25, -0.2) is 0 Å². The van der Waals surface area contributed by atoms with Crippen LogP contribution in [0.15, 0.2) is 0 Å². The molecule has 0 radical (unpaired) electrons. The second-order valence-electron chi connectivity index (χ2n) is 2.58. The lowest BCUT2D eigenvalue weighted by atomic mass is 11.0. The van der Waals surface area contributed by atoms with Crippen molar-refractivity contribution < 1.29 is 0 Å². The van der Waals surface area contributed by atoms with Crippen molar-refractivity contribution in [3.05, 3.63) is 0 Å². The zero-order valence-corrected chi connectivity index (χ0v) is 6.88. The summed E-state index contributed by atoms with van der Waals surface area (Å²) < 4.78 is 0. The highest BCUT2D eigenvalue weighted by Gasteiger charge is 2.26. The molecule has 1 rings (SSSR count). The van der Waals surface area contributed by atoms with E-state index in [0.717, 1.165) is 0 Å². The van der Waals surface area contributed by atoms with Crippen molar-refractivity contribution in [2.45, 2.75) is 25.2 Å². The third-order valence-corrected chi connectivity index (χ3v) is 12.4. The Labute approximate surface area is 42.6 Å². The lowest BCUT2D eigenvalue weighted by Crippen LogP contribution is -2.12. The standard InChI is InChI=1S/C4H12Si2/c1-5(2)6-3-4-6/h5-6H,3-4H2,1-2H3. The number of rotatable bonds is 1. The minimum atomic E-state index is 0.00617. The molecule has 0 aromatic carbocycles. The maximum Gasteiger partial charge on any atom is 0.0268 e. The maximum atomic E-state index is 2.50. The van der Waals surface area contributed by atoms with Crippen LogP contribution in [0.25, 0.3) is 0 Å². The summed E-state index contributed by atoms with van der Waals surface area (Å²) in [7, 11) is 0.151. The van der Waals surface area contributed by atoms with Gasteiger partial charge in [-0.15, -0.1) is 0 Å². The fourth-order valence-electron chi connectivity index (χ4n) is 0.763. The first-order valence-corrected chi connectivity index (χ1v) is 9.41. The van der Waals surface area contributed by atoms with E-state index >= 15 is 0 Å². The summed E-state index contributed by atoms with van der Waals surface area (Å²) in [5.74, 6) is 0. The molecule has 1 saturated heterocycles. The first-order valence-electron chi connectivity index (χ1n) is 2.80. The van der Waals surface area contributed by atoms with Crippen molar-refractivity contribution >= 4 is 16.6 Å². The van der Waals surface area contributed by atoms with Gasteiger partial charge in [0.2, 0.25) is 0 Å². The molecule has 1 aliphatic heterocycles. The van der Waals surface area contributed by atoms with Crippen LogP contribution in [0.1, 0.15) is 0 Å². The molecule has 0 atom stereocenters. The molecule has 0 amide bonds. The van der Waals surface area contributed by atoms with Crippen LogP contribution < -0.4 is 0 Å². The van der Waals surface area contributed by atoms with Crippen LogP contribution >= 0.6 is 0 Å². The molecule has 0 N–H and O–H groups in total. The van der Waals surface area contributed by atoms with Crippen LogP contribution in [0.3, 0.4) is 0 Å². The fourth-order valence-corrected chi connectivity index (χ4v) is 8.60. The largest absolute Gasteiger partial charge is 0.0743 e. The van der Waals surface area contributed by atoms with Crippen LogP contribution in [0, 0.1) is 0 Å². The lowest BCUT2D eigenvalue weighted by molar-refractivity contribution is 1.69. The third kappa shape index (κ3) is 0.946. The Morgan fingerprint density at radius 2 is 1.83 bits per heavy atom. The Morgan fingerprint density at radius 1 is 1.33 bits per heavy atom. The molecule has 0 saturated carbocycles. The lowest BCUT2D eigenvalue weighted by Gasteiger charge is -1.90. The van der Waals surface area contributed by atoms with E-state index in [1.807, 2.05) is 0 Å². The molecule has 6 heavy (non-hydrogen) atoms. The molecule has 2 heteroatoms. The highest BCUT2D eigenvalue weighted by Crippen LogP contribution is 2.23. The van der Waals surface area contributed by atoms with Gasteiger partial charge in [0.05, 0.1) is 0 Å². The van der Waals surface area contributed by atoms with Crippen LogP contribution in [0.4, 0.5) is 0 Å². The minimum Gasteiger partial charge on any atom is -0.0743 e. The third-order valence-electron chi connectivity index (χ3n) is 1.56. The average molecular weight is 116 g/mol. The molecule has 0 spiro atoms. The van der Waals surface area contributed by atoms with Gasteiger partial charge >= 0.3 is 0 Å². The molecular formula is C4H12Si2. The van der Waals surface area contributed by atoms with Crippen LogP contribution in [0.2, 0.25) is 25.2 Å². The summed E-state index contributed by atoms with van der Waals surface area (Å²) >= 11 is 0. The Hall–Kier alpha value is 0.434. The van der Waals surface area contributed by atoms with Gasteiger partial charge in [0.15, 0.2) is 0 Å². The molecule has 1 fully saturated rings. The maximum absolute atomic E-state index is 2.50. The van der Waals surface area contributed by atoms with E-state index < -0.39 is 0 Å². The highest BCUT2D eigenvalue weighted by molar-refractivity contribution is 7.26. The molecule has 1 heterocycles. The second-order valence-corrected chi connectivity index (χ2v) is 14.6. The topological polar surface area (TPSA) is 0 Å². The molecule has 0 aromatic rings. The summed E-state index contributed by atoms with van der Waals surface area (Å²) in [6.45, 7) is 5.01. The fraction of sp³-hybridized carbons (Fsp3) is 1.00. The van der Waals surface area contributed by atoms with E-state index in [9.17, 15) is 0 Å². The summed E-state index contributed by atoms with van der Waals surface area (Å²) in [5.41, 5.74) is 0. The van der Waals surface area contributed by atoms with Crippen LogP contribution in [-0.4, -0.2) is 16.6 Å². The van der Waals surface area contributed by atoms with E-state index in [1.54, 1.807) is 12.1 Å². The first-order chi connectivity index (χ1) is 2.80. The molecule has 1 aliphatic rings. The number of hydrogen-bond donors (Lipinski definition) is 0. The van der Waals surface area contributed by atoms with Crippen molar-refractivity contribution in [1.29, 1.82) is 0 Å². The zero-order valence-electron chi connectivity index (χ0n) is 4.57. The Bertz CT molecular complexity index is 47.5. The minimum absolute atomic E-state index is 0.00617. The van der Waals surface area contributed by atoms with E-state index in [1.165, 1.54) is 0 Å². The van der Waals surface area contributed by atoms with E-state index in [-0.39, 0.29) is 16.6 Å². The van der Waals surface area contributed by atoms with Gasteiger partial charge in [-0.3, -0.25) is 0 Å². The van der Waals surface area contributed by atoms with Crippen molar-refractivity contribution in [3.8, 4) is 0 Å². The van der Waals surface area contributed by atoms with Gasteiger partial charge in [0, 0.05) is 16.6 Å².